The number of para-hydroxylation sites is 3. The molecule has 0 amide bonds. The van der Waals surface area contributed by atoms with Gasteiger partial charge in [-0.2, -0.15) is 0 Å². The minimum absolute atomic E-state index is 0.146. The van der Waals surface area contributed by atoms with Crippen LogP contribution in [0.25, 0.3) is 0 Å². The molecule has 0 aliphatic carbocycles. The third-order valence-corrected chi connectivity index (χ3v) is 7.05. The Hall–Kier alpha value is -1.96. The van der Waals surface area contributed by atoms with Gasteiger partial charge in [-0.3, -0.25) is 0 Å². The highest BCUT2D eigenvalue weighted by Gasteiger charge is 2.57. The average Bonchev–Trinajstić information content (AvgIpc) is 3.41. The fourth-order valence-electron chi connectivity index (χ4n) is 4.89. The Bertz CT molecular complexity index is 768. The van der Waals surface area contributed by atoms with Crippen LogP contribution in [0.3, 0.4) is 0 Å². The van der Waals surface area contributed by atoms with E-state index in [0.29, 0.717) is 6.04 Å². The van der Waals surface area contributed by atoms with E-state index in [4.69, 9.17) is 0 Å². The number of nitrogens with zero attached hydrogens (tertiary/aromatic N) is 1. The van der Waals surface area contributed by atoms with E-state index >= 15 is 0 Å². The molecule has 3 unspecified atom stereocenters. The number of fused-ring (bicyclic) bond motifs is 4. The molecule has 2 aliphatic heterocycles. The number of benzene rings is 2. The van der Waals surface area contributed by atoms with Crippen LogP contribution < -0.4 is 10.2 Å². The lowest BCUT2D eigenvalue weighted by Gasteiger charge is -2.47. The molecule has 0 aromatic heterocycles. The standard InChI is InChI=1S/C22H28N2/c1-5-21(3)16-11-7-8-12-17(16)23-18-13-9-10-14-19(18)24-15-20(24)22(21,4)6-2/h7-14,20,23H,5-6,15H2,1-4H3. The third kappa shape index (κ3) is 1.95. The lowest BCUT2D eigenvalue weighted by atomic mass is 9.57. The van der Waals surface area contributed by atoms with Crippen molar-refractivity contribution < 1.29 is 0 Å². The largest absolute Gasteiger partial charge is 0.362 e. The zero-order chi connectivity index (χ0) is 16.9. The molecule has 2 heterocycles. The first-order valence-corrected chi connectivity index (χ1v) is 9.27. The van der Waals surface area contributed by atoms with E-state index in [2.05, 4.69) is 86.4 Å². The average molecular weight is 320 g/mol. The third-order valence-electron chi connectivity index (χ3n) is 7.05. The van der Waals surface area contributed by atoms with Gasteiger partial charge in [0.1, 0.15) is 0 Å². The smallest absolute Gasteiger partial charge is 0.0622 e. The topological polar surface area (TPSA) is 15.0 Å². The summed E-state index contributed by atoms with van der Waals surface area (Å²) in [4.78, 5) is 2.59. The maximum Gasteiger partial charge on any atom is 0.0622 e. The van der Waals surface area contributed by atoms with Crippen molar-refractivity contribution in [3.63, 3.8) is 0 Å². The van der Waals surface area contributed by atoms with E-state index in [1.54, 1.807) is 0 Å². The molecule has 0 bridgehead atoms. The van der Waals surface area contributed by atoms with Crippen molar-refractivity contribution in [3.8, 4) is 0 Å². The van der Waals surface area contributed by atoms with E-state index in [0.717, 1.165) is 6.42 Å². The maximum atomic E-state index is 3.75. The Kier molecular flexibility index (Phi) is 3.42. The SMILES string of the molecule is CCC1(C)c2ccccc2Nc2ccccc2N2CC2C1(C)CC. The molecule has 0 spiro atoms. The van der Waals surface area contributed by atoms with E-state index in [-0.39, 0.29) is 10.8 Å². The summed E-state index contributed by atoms with van der Waals surface area (Å²) in [6.45, 7) is 10.9. The van der Waals surface area contributed by atoms with E-state index in [1.807, 2.05) is 0 Å². The van der Waals surface area contributed by atoms with Gasteiger partial charge < -0.3 is 10.2 Å². The van der Waals surface area contributed by atoms with Gasteiger partial charge in [-0.05, 0) is 42.0 Å². The van der Waals surface area contributed by atoms with Crippen molar-refractivity contribution in [1.82, 2.24) is 0 Å². The normalized spacial score (nSPS) is 30.8. The van der Waals surface area contributed by atoms with Crippen molar-refractivity contribution in [2.75, 3.05) is 16.8 Å². The minimum Gasteiger partial charge on any atom is -0.362 e. The van der Waals surface area contributed by atoms with Crippen molar-refractivity contribution in [3.05, 3.63) is 54.1 Å². The highest BCUT2D eigenvalue weighted by atomic mass is 15.3. The van der Waals surface area contributed by atoms with Crippen molar-refractivity contribution in [2.45, 2.75) is 52.0 Å². The van der Waals surface area contributed by atoms with E-state index in [1.165, 1.54) is 35.6 Å². The first-order chi connectivity index (χ1) is 11.5. The van der Waals surface area contributed by atoms with Crippen LogP contribution in [0.15, 0.2) is 48.5 Å². The second kappa shape index (κ2) is 5.27. The van der Waals surface area contributed by atoms with Crippen molar-refractivity contribution in [2.24, 2.45) is 5.41 Å². The highest BCUT2D eigenvalue weighted by molar-refractivity contribution is 5.80. The van der Waals surface area contributed by atoms with E-state index in [9.17, 15) is 0 Å². The van der Waals surface area contributed by atoms with Crippen molar-refractivity contribution in [1.29, 1.82) is 0 Å². The summed E-state index contributed by atoms with van der Waals surface area (Å²) in [7, 11) is 0. The lowest BCUT2D eigenvalue weighted by Crippen LogP contribution is -2.46. The molecule has 1 saturated heterocycles. The van der Waals surface area contributed by atoms with Gasteiger partial charge in [-0.25, -0.2) is 0 Å². The maximum absolute atomic E-state index is 3.75. The Labute approximate surface area is 145 Å². The Morgan fingerprint density at radius 1 is 0.958 bits per heavy atom. The van der Waals surface area contributed by atoms with Gasteiger partial charge in [0.2, 0.25) is 0 Å². The zero-order valence-corrected chi connectivity index (χ0v) is 15.3. The van der Waals surface area contributed by atoms with Gasteiger partial charge in [0.15, 0.2) is 0 Å². The highest BCUT2D eigenvalue weighted by Crippen LogP contribution is 2.58. The van der Waals surface area contributed by atoms with Gasteiger partial charge in [0.05, 0.1) is 17.4 Å². The van der Waals surface area contributed by atoms with Gasteiger partial charge in [0, 0.05) is 17.6 Å². The second-order valence-corrected chi connectivity index (χ2v) is 7.81. The first kappa shape index (κ1) is 15.6. The van der Waals surface area contributed by atoms with Crippen LogP contribution in [0.4, 0.5) is 17.1 Å². The van der Waals surface area contributed by atoms with Gasteiger partial charge in [-0.1, -0.05) is 58.0 Å². The molecule has 3 atom stereocenters. The van der Waals surface area contributed by atoms with Crippen LogP contribution in [-0.2, 0) is 5.41 Å². The van der Waals surface area contributed by atoms with Crippen LogP contribution in [0, 0.1) is 5.41 Å². The Balaban J connectivity index is 1.98. The lowest BCUT2D eigenvalue weighted by molar-refractivity contribution is 0.140. The molecule has 0 radical (unpaired) electrons. The fourth-order valence-corrected chi connectivity index (χ4v) is 4.89. The molecular formula is C22H28N2. The quantitative estimate of drug-likeness (QED) is 0.712. The van der Waals surface area contributed by atoms with Crippen LogP contribution in [0.1, 0.15) is 46.1 Å². The van der Waals surface area contributed by atoms with Crippen LogP contribution in [0.5, 0.6) is 0 Å². The zero-order valence-electron chi connectivity index (χ0n) is 15.3. The summed E-state index contributed by atoms with van der Waals surface area (Å²) < 4.78 is 0. The number of rotatable bonds is 2. The van der Waals surface area contributed by atoms with Crippen LogP contribution >= 0.6 is 0 Å². The summed E-state index contributed by atoms with van der Waals surface area (Å²) in [5, 5.41) is 3.75. The molecule has 2 aromatic rings. The number of hydrogen-bond acceptors (Lipinski definition) is 2. The second-order valence-electron chi connectivity index (χ2n) is 7.81. The molecule has 1 fully saturated rings. The number of hydrogen-bond donors (Lipinski definition) is 1. The summed E-state index contributed by atoms with van der Waals surface area (Å²) in [6.07, 6.45) is 2.34. The Morgan fingerprint density at radius 3 is 2.33 bits per heavy atom. The monoisotopic (exact) mass is 320 g/mol. The molecule has 2 heteroatoms. The summed E-state index contributed by atoms with van der Waals surface area (Å²) in [6, 6.07) is 18.3. The fraction of sp³-hybridized carbons (Fsp3) is 0.455. The van der Waals surface area contributed by atoms with Gasteiger partial charge >= 0.3 is 0 Å². The molecule has 1 N–H and O–H groups in total. The predicted octanol–water partition coefficient (Wildman–Crippen LogP) is 5.72. The number of nitrogens with one attached hydrogen (secondary N) is 1. The van der Waals surface area contributed by atoms with Crippen LogP contribution in [0.2, 0.25) is 0 Å². The number of anilines is 3. The molecule has 0 saturated carbocycles. The van der Waals surface area contributed by atoms with Gasteiger partial charge in [0.25, 0.3) is 0 Å². The van der Waals surface area contributed by atoms with Crippen LogP contribution in [-0.4, -0.2) is 12.6 Å². The summed E-state index contributed by atoms with van der Waals surface area (Å²) in [5.74, 6) is 0. The molecular weight excluding hydrogens is 292 g/mol. The Morgan fingerprint density at radius 2 is 1.62 bits per heavy atom. The molecule has 4 rings (SSSR count). The van der Waals surface area contributed by atoms with E-state index < -0.39 is 0 Å². The summed E-state index contributed by atoms with van der Waals surface area (Å²) in [5.41, 5.74) is 5.68. The van der Waals surface area contributed by atoms with Crippen molar-refractivity contribution >= 4 is 17.1 Å². The minimum atomic E-state index is 0.146. The molecule has 24 heavy (non-hydrogen) atoms. The summed E-state index contributed by atoms with van der Waals surface area (Å²) >= 11 is 0. The first-order valence-electron chi connectivity index (χ1n) is 9.27. The van der Waals surface area contributed by atoms with Gasteiger partial charge in [-0.15, -0.1) is 0 Å². The molecule has 2 aromatic carbocycles. The molecule has 126 valence electrons. The molecule has 2 nitrogen and oxygen atoms in total. The molecule has 2 aliphatic rings. The predicted molar refractivity (Wildman–Crippen MR) is 103 cm³/mol.